The molecule has 20 heavy (non-hydrogen) atoms. The zero-order valence-corrected chi connectivity index (χ0v) is 11.6. The summed E-state index contributed by atoms with van der Waals surface area (Å²) in [6.07, 6.45) is 1.49. The number of hydrogen-bond donors (Lipinski definition) is 1. The predicted octanol–water partition coefficient (Wildman–Crippen LogP) is 1.14. The molecule has 0 bridgehead atoms. The van der Waals surface area contributed by atoms with E-state index < -0.39 is 0 Å². The van der Waals surface area contributed by atoms with Crippen LogP contribution in [0.4, 0.5) is 10.1 Å². The zero-order valence-electron chi connectivity index (χ0n) is 11.6. The number of aryl methyl sites for hydroxylation is 2. The molecule has 1 N–H and O–H groups in total. The number of anilines is 1. The van der Waals surface area contributed by atoms with Crippen LogP contribution in [0.1, 0.15) is 11.1 Å². The minimum atomic E-state index is -0.375. The Morgan fingerprint density at radius 3 is 2.55 bits per heavy atom. The van der Waals surface area contributed by atoms with Crippen LogP contribution in [-0.4, -0.2) is 9.13 Å². The number of nitrogens with one attached hydrogen (secondary N) is 1. The van der Waals surface area contributed by atoms with Crippen molar-refractivity contribution in [1.29, 1.82) is 0 Å². The maximum absolute atomic E-state index is 13.3. The van der Waals surface area contributed by atoms with Gasteiger partial charge >= 0.3 is 5.69 Å². The Morgan fingerprint density at radius 2 is 1.90 bits per heavy atom. The van der Waals surface area contributed by atoms with E-state index in [2.05, 4.69) is 5.32 Å². The minimum absolute atomic E-state index is 0.226. The van der Waals surface area contributed by atoms with Gasteiger partial charge in [0.05, 0.1) is 5.56 Å². The van der Waals surface area contributed by atoms with E-state index in [-0.39, 0.29) is 23.6 Å². The lowest BCUT2D eigenvalue weighted by atomic mass is 10.2. The molecular formula is C14H16FN3O2. The second-order valence-corrected chi connectivity index (χ2v) is 4.78. The molecule has 0 spiro atoms. The number of hydrogen-bond acceptors (Lipinski definition) is 3. The van der Waals surface area contributed by atoms with Crippen LogP contribution in [0.15, 0.2) is 34.0 Å². The number of halogens is 1. The van der Waals surface area contributed by atoms with Crippen LogP contribution in [0.25, 0.3) is 0 Å². The van der Waals surface area contributed by atoms with Gasteiger partial charge < -0.3 is 9.88 Å². The molecule has 1 aromatic carbocycles. The van der Waals surface area contributed by atoms with Crippen LogP contribution in [0.5, 0.6) is 0 Å². The average molecular weight is 277 g/mol. The highest BCUT2D eigenvalue weighted by Crippen LogP contribution is 2.13. The van der Waals surface area contributed by atoms with Crippen LogP contribution in [0.3, 0.4) is 0 Å². The lowest BCUT2D eigenvalue weighted by Crippen LogP contribution is -2.38. The van der Waals surface area contributed by atoms with Crippen LogP contribution >= 0.6 is 0 Å². The summed E-state index contributed by atoms with van der Waals surface area (Å²) < 4.78 is 15.7. The van der Waals surface area contributed by atoms with Crippen molar-refractivity contribution in [2.45, 2.75) is 13.5 Å². The lowest BCUT2D eigenvalue weighted by molar-refractivity contribution is 0.627. The quantitative estimate of drug-likeness (QED) is 0.915. The normalized spacial score (nSPS) is 10.6. The van der Waals surface area contributed by atoms with Gasteiger partial charge in [0.1, 0.15) is 5.82 Å². The van der Waals surface area contributed by atoms with E-state index in [1.807, 2.05) is 0 Å². The molecular weight excluding hydrogens is 261 g/mol. The van der Waals surface area contributed by atoms with E-state index in [0.717, 1.165) is 10.1 Å². The third-order valence-corrected chi connectivity index (χ3v) is 3.04. The molecule has 0 amide bonds. The van der Waals surface area contributed by atoms with E-state index in [1.165, 1.54) is 29.9 Å². The molecule has 0 radical (unpaired) electrons. The second kappa shape index (κ2) is 5.32. The largest absolute Gasteiger partial charge is 0.381 e. The molecule has 1 heterocycles. The second-order valence-electron chi connectivity index (χ2n) is 4.78. The van der Waals surface area contributed by atoms with Gasteiger partial charge in [-0.2, -0.15) is 0 Å². The summed E-state index contributed by atoms with van der Waals surface area (Å²) in [4.78, 5) is 23.5. The summed E-state index contributed by atoms with van der Waals surface area (Å²) in [5, 5.41) is 2.99. The van der Waals surface area contributed by atoms with Crippen LogP contribution < -0.4 is 16.6 Å². The fourth-order valence-electron chi connectivity index (χ4n) is 2.04. The van der Waals surface area contributed by atoms with E-state index in [4.69, 9.17) is 0 Å². The molecule has 2 aromatic rings. The Labute approximate surface area is 115 Å². The Hall–Kier alpha value is -2.37. The number of rotatable bonds is 3. The molecule has 0 aliphatic carbocycles. The molecule has 0 aliphatic rings. The van der Waals surface area contributed by atoms with Crippen molar-refractivity contribution >= 4 is 5.69 Å². The third kappa shape index (κ3) is 2.79. The minimum Gasteiger partial charge on any atom is -0.381 e. The Balaban J connectivity index is 2.28. The van der Waals surface area contributed by atoms with Gasteiger partial charge in [-0.15, -0.1) is 0 Å². The summed E-state index contributed by atoms with van der Waals surface area (Å²) in [6.45, 7) is 2.02. The molecule has 2 rings (SSSR count). The Bertz CT molecular complexity index is 742. The molecule has 6 heteroatoms. The lowest BCUT2D eigenvalue weighted by Gasteiger charge is -2.09. The van der Waals surface area contributed by atoms with Gasteiger partial charge in [0, 0.05) is 32.5 Å². The summed E-state index contributed by atoms with van der Waals surface area (Å²) in [5.41, 5.74) is 1.10. The summed E-state index contributed by atoms with van der Waals surface area (Å²) in [7, 11) is 3.01. The van der Waals surface area contributed by atoms with Crippen molar-refractivity contribution in [3.63, 3.8) is 0 Å². The predicted molar refractivity (Wildman–Crippen MR) is 75.4 cm³/mol. The SMILES string of the molecule is Cc1cc(F)cc(NCc2cn(C)c(=O)n(C)c2=O)c1. The number of nitrogens with zero attached hydrogens (tertiary/aromatic N) is 2. The molecule has 0 saturated carbocycles. The van der Waals surface area contributed by atoms with Crippen molar-refractivity contribution in [1.82, 2.24) is 9.13 Å². The van der Waals surface area contributed by atoms with Crippen molar-refractivity contribution < 1.29 is 4.39 Å². The van der Waals surface area contributed by atoms with Crippen molar-refractivity contribution in [2.75, 3.05) is 5.32 Å². The highest BCUT2D eigenvalue weighted by molar-refractivity contribution is 5.46. The molecule has 0 fully saturated rings. The molecule has 0 saturated heterocycles. The van der Waals surface area contributed by atoms with Gasteiger partial charge in [-0.3, -0.25) is 9.36 Å². The van der Waals surface area contributed by atoms with Crippen LogP contribution in [0, 0.1) is 12.7 Å². The van der Waals surface area contributed by atoms with Crippen molar-refractivity contribution in [3.05, 3.63) is 62.2 Å². The fourth-order valence-corrected chi connectivity index (χ4v) is 2.04. The monoisotopic (exact) mass is 277 g/mol. The van der Waals surface area contributed by atoms with Gasteiger partial charge in [-0.1, -0.05) is 0 Å². The van der Waals surface area contributed by atoms with Crippen LogP contribution in [0.2, 0.25) is 0 Å². The first-order valence-electron chi connectivity index (χ1n) is 6.15. The third-order valence-electron chi connectivity index (χ3n) is 3.04. The van der Waals surface area contributed by atoms with Gasteiger partial charge in [-0.25, -0.2) is 9.18 Å². The number of aromatic nitrogens is 2. The summed E-state index contributed by atoms with van der Waals surface area (Å²) in [6, 6.07) is 4.57. The first-order valence-corrected chi connectivity index (χ1v) is 6.15. The molecule has 0 atom stereocenters. The topological polar surface area (TPSA) is 56.0 Å². The van der Waals surface area contributed by atoms with Gasteiger partial charge in [0.15, 0.2) is 0 Å². The van der Waals surface area contributed by atoms with Crippen molar-refractivity contribution in [2.24, 2.45) is 14.1 Å². The van der Waals surface area contributed by atoms with E-state index in [1.54, 1.807) is 20.0 Å². The van der Waals surface area contributed by atoms with E-state index in [0.29, 0.717) is 11.3 Å². The number of benzene rings is 1. The molecule has 106 valence electrons. The molecule has 0 aliphatic heterocycles. The molecule has 5 nitrogen and oxygen atoms in total. The Kier molecular flexibility index (Phi) is 3.74. The van der Waals surface area contributed by atoms with Crippen molar-refractivity contribution in [3.8, 4) is 0 Å². The molecule has 1 aromatic heterocycles. The fraction of sp³-hybridized carbons (Fsp3) is 0.286. The maximum atomic E-state index is 13.3. The standard InChI is InChI=1S/C14H16FN3O2/c1-9-4-11(15)6-12(5-9)16-7-10-8-17(2)14(20)18(3)13(10)19/h4-6,8,16H,7H2,1-3H3. The van der Waals surface area contributed by atoms with E-state index in [9.17, 15) is 14.0 Å². The summed E-state index contributed by atoms with van der Waals surface area (Å²) in [5.74, 6) is -0.333. The molecule has 0 unspecified atom stereocenters. The van der Waals surface area contributed by atoms with Gasteiger partial charge in [-0.05, 0) is 30.7 Å². The summed E-state index contributed by atoms with van der Waals surface area (Å²) >= 11 is 0. The highest BCUT2D eigenvalue weighted by atomic mass is 19.1. The maximum Gasteiger partial charge on any atom is 0.330 e. The smallest absolute Gasteiger partial charge is 0.330 e. The highest BCUT2D eigenvalue weighted by Gasteiger charge is 2.07. The van der Waals surface area contributed by atoms with Crippen LogP contribution in [-0.2, 0) is 20.6 Å². The van der Waals surface area contributed by atoms with Gasteiger partial charge in [0.25, 0.3) is 5.56 Å². The van der Waals surface area contributed by atoms with Gasteiger partial charge in [0.2, 0.25) is 0 Å². The Morgan fingerprint density at radius 1 is 1.20 bits per heavy atom. The first kappa shape index (κ1) is 14.0. The zero-order chi connectivity index (χ0) is 14.9. The van der Waals surface area contributed by atoms with E-state index >= 15 is 0 Å². The first-order chi connectivity index (χ1) is 9.38. The average Bonchev–Trinajstić information content (AvgIpc) is 2.38.